The molecule has 0 aliphatic rings. The lowest BCUT2D eigenvalue weighted by Gasteiger charge is -2.14. The van der Waals surface area contributed by atoms with Crippen LogP contribution in [0, 0.1) is 0 Å². The van der Waals surface area contributed by atoms with Gasteiger partial charge in [-0.1, -0.05) is 90.6 Å². The summed E-state index contributed by atoms with van der Waals surface area (Å²) in [4.78, 5) is 2.47. The van der Waals surface area contributed by atoms with Crippen molar-refractivity contribution < 1.29 is 4.74 Å². The van der Waals surface area contributed by atoms with E-state index in [-0.39, 0.29) is 0 Å². The van der Waals surface area contributed by atoms with Gasteiger partial charge in [-0.3, -0.25) is 0 Å². The number of methoxy groups -OCH3 is 1. The molecule has 4 rings (SSSR count). The second-order valence-electron chi connectivity index (χ2n) is 6.61. The first kappa shape index (κ1) is 19.1. The quantitative estimate of drug-likeness (QED) is 0.314. The van der Waals surface area contributed by atoms with E-state index in [0.717, 1.165) is 11.3 Å². The van der Waals surface area contributed by atoms with Crippen molar-refractivity contribution >= 4 is 23.4 Å². The Balaban J connectivity index is 1.81. The van der Waals surface area contributed by atoms with Gasteiger partial charge in [0.1, 0.15) is 5.75 Å². The molecular weight excluding hydrogens is 372 g/mol. The SMILES string of the molecule is COc1ccc(/C=C(/c2ccccc2)c2ccccc2Sc2ccccc2)cc1. The minimum atomic E-state index is 0.864. The molecule has 142 valence electrons. The molecule has 4 aromatic rings. The maximum Gasteiger partial charge on any atom is 0.118 e. The molecule has 1 nitrogen and oxygen atoms in total. The van der Waals surface area contributed by atoms with E-state index in [9.17, 15) is 0 Å². The zero-order chi connectivity index (χ0) is 19.9. The van der Waals surface area contributed by atoms with Gasteiger partial charge in [-0.15, -0.1) is 0 Å². The summed E-state index contributed by atoms with van der Waals surface area (Å²) in [6.07, 6.45) is 2.25. The number of rotatable bonds is 6. The first-order valence-corrected chi connectivity index (χ1v) is 10.4. The van der Waals surface area contributed by atoms with Crippen LogP contribution in [0.25, 0.3) is 11.6 Å². The second kappa shape index (κ2) is 9.31. The third-order valence-corrected chi connectivity index (χ3v) is 5.74. The molecule has 0 saturated carbocycles. The normalized spacial score (nSPS) is 11.3. The molecule has 0 radical (unpaired) electrons. The van der Waals surface area contributed by atoms with Crippen LogP contribution in [0.4, 0.5) is 0 Å². The molecule has 0 heterocycles. The Bertz CT molecular complexity index is 1080. The maximum absolute atomic E-state index is 5.30. The first-order chi connectivity index (χ1) is 14.3. The van der Waals surface area contributed by atoms with Crippen molar-refractivity contribution in [2.75, 3.05) is 7.11 Å². The van der Waals surface area contributed by atoms with E-state index in [1.54, 1.807) is 18.9 Å². The van der Waals surface area contributed by atoms with E-state index in [1.165, 1.54) is 26.5 Å². The van der Waals surface area contributed by atoms with Crippen LogP contribution in [0.1, 0.15) is 16.7 Å². The summed E-state index contributed by atoms with van der Waals surface area (Å²) in [7, 11) is 1.69. The average molecular weight is 395 g/mol. The van der Waals surface area contributed by atoms with E-state index in [4.69, 9.17) is 4.74 Å². The predicted octanol–water partition coefficient (Wildman–Crippen LogP) is 7.44. The lowest BCUT2D eigenvalue weighted by Crippen LogP contribution is -1.91. The van der Waals surface area contributed by atoms with Gasteiger partial charge in [-0.25, -0.2) is 0 Å². The molecule has 0 bridgehead atoms. The molecule has 0 aromatic heterocycles. The topological polar surface area (TPSA) is 9.23 Å². The van der Waals surface area contributed by atoms with Crippen LogP contribution in [-0.2, 0) is 0 Å². The third-order valence-electron chi connectivity index (χ3n) is 4.66. The van der Waals surface area contributed by atoms with E-state index in [0.29, 0.717) is 0 Å². The highest BCUT2D eigenvalue weighted by molar-refractivity contribution is 7.99. The first-order valence-electron chi connectivity index (χ1n) is 9.57. The van der Waals surface area contributed by atoms with Gasteiger partial charge >= 0.3 is 0 Å². The summed E-state index contributed by atoms with van der Waals surface area (Å²) in [5.74, 6) is 0.864. The molecule has 0 spiro atoms. The van der Waals surface area contributed by atoms with E-state index in [2.05, 4.69) is 103 Å². The van der Waals surface area contributed by atoms with Crippen LogP contribution >= 0.6 is 11.8 Å². The predicted molar refractivity (Wildman–Crippen MR) is 123 cm³/mol. The van der Waals surface area contributed by atoms with Crippen molar-refractivity contribution in [3.8, 4) is 5.75 Å². The van der Waals surface area contributed by atoms with Gasteiger partial charge in [0.05, 0.1) is 7.11 Å². The number of hydrogen-bond acceptors (Lipinski definition) is 2. The molecule has 0 N–H and O–H groups in total. The molecule has 0 atom stereocenters. The monoisotopic (exact) mass is 394 g/mol. The number of ether oxygens (including phenoxy) is 1. The smallest absolute Gasteiger partial charge is 0.118 e. The number of benzene rings is 4. The highest BCUT2D eigenvalue weighted by Gasteiger charge is 2.11. The molecule has 0 saturated heterocycles. The average Bonchev–Trinajstić information content (AvgIpc) is 2.80. The molecule has 4 aromatic carbocycles. The Morgan fingerprint density at radius 2 is 1.31 bits per heavy atom. The van der Waals surface area contributed by atoms with Gasteiger partial charge < -0.3 is 4.74 Å². The lowest BCUT2D eigenvalue weighted by atomic mass is 9.95. The van der Waals surface area contributed by atoms with Crippen LogP contribution in [0.2, 0.25) is 0 Å². The molecular formula is C27H22OS. The van der Waals surface area contributed by atoms with Gasteiger partial charge in [0.2, 0.25) is 0 Å². The second-order valence-corrected chi connectivity index (χ2v) is 7.72. The Morgan fingerprint density at radius 3 is 2.00 bits per heavy atom. The zero-order valence-corrected chi connectivity index (χ0v) is 17.1. The van der Waals surface area contributed by atoms with E-state index >= 15 is 0 Å². The minimum absolute atomic E-state index is 0.864. The van der Waals surface area contributed by atoms with Gasteiger partial charge in [0.25, 0.3) is 0 Å². The fraction of sp³-hybridized carbons (Fsp3) is 0.0370. The Kier molecular flexibility index (Phi) is 6.13. The fourth-order valence-electron chi connectivity index (χ4n) is 3.19. The van der Waals surface area contributed by atoms with Crippen molar-refractivity contribution in [3.05, 3.63) is 126 Å². The van der Waals surface area contributed by atoms with Crippen LogP contribution in [0.3, 0.4) is 0 Å². The molecule has 29 heavy (non-hydrogen) atoms. The fourth-order valence-corrected chi connectivity index (χ4v) is 4.18. The van der Waals surface area contributed by atoms with Crippen LogP contribution in [-0.4, -0.2) is 7.11 Å². The van der Waals surface area contributed by atoms with Crippen molar-refractivity contribution in [2.45, 2.75) is 9.79 Å². The summed E-state index contributed by atoms with van der Waals surface area (Å²) in [6, 6.07) is 37.9. The summed E-state index contributed by atoms with van der Waals surface area (Å²) in [5.41, 5.74) is 4.77. The largest absolute Gasteiger partial charge is 0.497 e. The summed E-state index contributed by atoms with van der Waals surface area (Å²) in [6.45, 7) is 0. The van der Waals surface area contributed by atoms with Gasteiger partial charge in [-0.05, 0) is 58.7 Å². The molecule has 2 heteroatoms. The zero-order valence-electron chi connectivity index (χ0n) is 16.3. The molecule has 0 unspecified atom stereocenters. The Morgan fingerprint density at radius 1 is 0.690 bits per heavy atom. The summed E-state index contributed by atoms with van der Waals surface area (Å²) < 4.78 is 5.30. The Labute approximate surface area is 176 Å². The standard InChI is InChI=1S/C27H22OS/c1-28-23-18-16-21(17-19-23)20-26(22-10-4-2-5-11-22)25-14-8-9-15-27(25)29-24-12-6-3-7-13-24/h2-20H,1H3/b26-20-. The number of hydrogen-bond donors (Lipinski definition) is 0. The van der Waals surface area contributed by atoms with Crippen LogP contribution < -0.4 is 4.74 Å². The van der Waals surface area contributed by atoms with Crippen LogP contribution in [0.5, 0.6) is 5.75 Å². The molecule has 0 aliphatic heterocycles. The molecule has 0 amide bonds. The molecule has 0 aliphatic carbocycles. The van der Waals surface area contributed by atoms with E-state index in [1.807, 2.05) is 12.1 Å². The lowest BCUT2D eigenvalue weighted by molar-refractivity contribution is 0.415. The van der Waals surface area contributed by atoms with Gasteiger partial charge in [-0.2, -0.15) is 0 Å². The highest BCUT2D eigenvalue weighted by atomic mass is 32.2. The summed E-state index contributed by atoms with van der Waals surface area (Å²) >= 11 is 1.79. The van der Waals surface area contributed by atoms with Crippen molar-refractivity contribution in [1.29, 1.82) is 0 Å². The highest BCUT2D eigenvalue weighted by Crippen LogP contribution is 2.37. The third kappa shape index (κ3) is 4.79. The van der Waals surface area contributed by atoms with Gasteiger partial charge in [0, 0.05) is 9.79 Å². The van der Waals surface area contributed by atoms with Gasteiger partial charge in [0.15, 0.2) is 0 Å². The minimum Gasteiger partial charge on any atom is -0.497 e. The Hall–Kier alpha value is -3.23. The summed E-state index contributed by atoms with van der Waals surface area (Å²) in [5, 5.41) is 0. The van der Waals surface area contributed by atoms with E-state index < -0.39 is 0 Å². The maximum atomic E-state index is 5.30. The van der Waals surface area contributed by atoms with Crippen molar-refractivity contribution in [1.82, 2.24) is 0 Å². The van der Waals surface area contributed by atoms with Crippen molar-refractivity contribution in [3.63, 3.8) is 0 Å². The van der Waals surface area contributed by atoms with Crippen molar-refractivity contribution in [2.24, 2.45) is 0 Å². The molecule has 0 fully saturated rings. The van der Waals surface area contributed by atoms with Crippen LogP contribution in [0.15, 0.2) is 119 Å².